The molecule has 1 spiro atoms. The van der Waals surface area contributed by atoms with Gasteiger partial charge in [0.05, 0.1) is 0 Å². The van der Waals surface area contributed by atoms with Crippen LogP contribution in [0.15, 0.2) is 0 Å². The Morgan fingerprint density at radius 1 is 1.00 bits per heavy atom. The maximum Gasteiger partial charge on any atom is 0.222 e. The molecule has 0 bridgehead atoms. The molecule has 2 aliphatic heterocycles. The topological polar surface area (TPSA) is 23.6 Å². The highest BCUT2D eigenvalue weighted by molar-refractivity contribution is 5.75. The van der Waals surface area contributed by atoms with Crippen LogP contribution in [-0.2, 0) is 4.79 Å². The molecule has 0 unspecified atom stereocenters. The van der Waals surface area contributed by atoms with Crippen molar-refractivity contribution < 1.29 is 4.79 Å². The molecule has 2 aliphatic rings. The second-order valence-corrected chi connectivity index (χ2v) is 5.54. The first-order chi connectivity index (χ1) is 8.65. The zero-order valence-corrected chi connectivity index (χ0v) is 12.7. The summed E-state index contributed by atoms with van der Waals surface area (Å²) in [6.45, 7) is 10.4. The lowest BCUT2D eigenvalue weighted by Crippen LogP contribution is -2.47. The van der Waals surface area contributed by atoms with Gasteiger partial charge in [-0.05, 0) is 51.2 Å². The lowest BCUT2D eigenvalue weighted by Gasteiger charge is -2.46. The van der Waals surface area contributed by atoms with Crippen molar-refractivity contribution in [2.24, 2.45) is 5.41 Å². The van der Waals surface area contributed by atoms with Crippen LogP contribution < -0.4 is 0 Å². The van der Waals surface area contributed by atoms with E-state index in [1.54, 1.807) is 0 Å². The second kappa shape index (κ2) is 7.13. The minimum absolute atomic E-state index is 0.336. The number of piperidine rings is 2. The molecular formula is C15H30N2O. The van der Waals surface area contributed by atoms with Gasteiger partial charge in [-0.25, -0.2) is 0 Å². The van der Waals surface area contributed by atoms with Gasteiger partial charge >= 0.3 is 0 Å². The van der Waals surface area contributed by atoms with Gasteiger partial charge in [0.25, 0.3) is 0 Å². The number of hydrogen-bond donors (Lipinski definition) is 0. The SMILES string of the molecule is CC.CCC(=O)N1CCC2(CCN(C)CC2)CC1. The first-order valence-electron chi connectivity index (χ1n) is 7.61. The predicted molar refractivity (Wildman–Crippen MR) is 76.6 cm³/mol. The average Bonchev–Trinajstić information content (AvgIpc) is 2.45. The molecule has 0 aromatic rings. The first kappa shape index (κ1) is 15.5. The normalized spacial score (nSPS) is 23.4. The smallest absolute Gasteiger partial charge is 0.222 e. The maximum absolute atomic E-state index is 11.6. The van der Waals surface area contributed by atoms with Crippen LogP contribution in [0.4, 0.5) is 0 Å². The molecular weight excluding hydrogens is 224 g/mol. The van der Waals surface area contributed by atoms with Crippen LogP contribution in [0, 0.1) is 5.41 Å². The third kappa shape index (κ3) is 3.71. The number of hydrogen-bond acceptors (Lipinski definition) is 2. The highest BCUT2D eigenvalue weighted by Crippen LogP contribution is 2.40. The number of carbonyl (C=O) groups excluding carboxylic acids is 1. The fourth-order valence-electron chi connectivity index (χ4n) is 3.05. The summed E-state index contributed by atoms with van der Waals surface area (Å²) in [5.74, 6) is 0.336. The summed E-state index contributed by atoms with van der Waals surface area (Å²) >= 11 is 0. The molecule has 1 amide bonds. The molecule has 106 valence electrons. The largest absolute Gasteiger partial charge is 0.343 e. The van der Waals surface area contributed by atoms with Crippen LogP contribution in [0.1, 0.15) is 52.9 Å². The van der Waals surface area contributed by atoms with Gasteiger partial charge < -0.3 is 9.80 Å². The molecule has 0 N–H and O–H groups in total. The van der Waals surface area contributed by atoms with E-state index in [0.29, 0.717) is 17.7 Å². The van der Waals surface area contributed by atoms with Gasteiger partial charge in [-0.2, -0.15) is 0 Å². The van der Waals surface area contributed by atoms with Crippen molar-refractivity contribution in [1.29, 1.82) is 0 Å². The number of carbonyl (C=O) groups is 1. The van der Waals surface area contributed by atoms with Crippen molar-refractivity contribution in [3.8, 4) is 0 Å². The Balaban J connectivity index is 0.000000771. The quantitative estimate of drug-likeness (QED) is 0.718. The molecule has 0 radical (unpaired) electrons. The van der Waals surface area contributed by atoms with Gasteiger partial charge in [0.1, 0.15) is 0 Å². The third-order valence-corrected chi connectivity index (χ3v) is 4.53. The summed E-state index contributed by atoms with van der Waals surface area (Å²) in [6.07, 6.45) is 5.78. The van der Waals surface area contributed by atoms with E-state index in [1.165, 1.54) is 38.8 Å². The number of amides is 1. The molecule has 0 aromatic heterocycles. The van der Waals surface area contributed by atoms with Crippen molar-refractivity contribution in [3.63, 3.8) is 0 Å². The minimum atomic E-state index is 0.336. The Morgan fingerprint density at radius 3 is 1.89 bits per heavy atom. The van der Waals surface area contributed by atoms with Gasteiger partial charge in [-0.3, -0.25) is 4.79 Å². The van der Waals surface area contributed by atoms with Gasteiger partial charge in [0.2, 0.25) is 5.91 Å². The summed E-state index contributed by atoms with van der Waals surface area (Å²) in [4.78, 5) is 16.1. The van der Waals surface area contributed by atoms with Crippen molar-refractivity contribution in [2.75, 3.05) is 33.2 Å². The predicted octanol–water partition coefficient (Wildman–Crippen LogP) is 2.76. The molecule has 18 heavy (non-hydrogen) atoms. The van der Waals surface area contributed by atoms with Crippen LogP contribution in [0.3, 0.4) is 0 Å². The summed E-state index contributed by atoms with van der Waals surface area (Å²) in [6, 6.07) is 0. The summed E-state index contributed by atoms with van der Waals surface area (Å²) in [5, 5.41) is 0. The van der Waals surface area contributed by atoms with Crippen LogP contribution in [0.2, 0.25) is 0 Å². The molecule has 2 fully saturated rings. The van der Waals surface area contributed by atoms with Gasteiger partial charge in [-0.15, -0.1) is 0 Å². The molecule has 2 heterocycles. The van der Waals surface area contributed by atoms with Crippen molar-refractivity contribution in [2.45, 2.75) is 52.9 Å². The van der Waals surface area contributed by atoms with E-state index in [1.807, 2.05) is 20.8 Å². The van der Waals surface area contributed by atoms with E-state index in [-0.39, 0.29) is 0 Å². The molecule has 0 aliphatic carbocycles. The van der Waals surface area contributed by atoms with E-state index in [9.17, 15) is 4.79 Å². The van der Waals surface area contributed by atoms with E-state index < -0.39 is 0 Å². The van der Waals surface area contributed by atoms with E-state index in [2.05, 4.69) is 16.8 Å². The van der Waals surface area contributed by atoms with Crippen LogP contribution >= 0.6 is 0 Å². The molecule has 0 aromatic carbocycles. The van der Waals surface area contributed by atoms with E-state index >= 15 is 0 Å². The lowest BCUT2D eigenvalue weighted by molar-refractivity contribution is -0.133. The number of nitrogens with zero attached hydrogens (tertiary/aromatic N) is 2. The van der Waals surface area contributed by atoms with Crippen molar-refractivity contribution in [3.05, 3.63) is 0 Å². The molecule has 3 nitrogen and oxygen atoms in total. The molecule has 2 saturated heterocycles. The minimum Gasteiger partial charge on any atom is -0.343 e. The van der Waals surface area contributed by atoms with Crippen molar-refractivity contribution >= 4 is 5.91 Å². The van der Waals surface area contributed by atoms with Gasteiger partial charge in [0, 0.05) is 19.5 Å². The average molecular weight is 254 g/mol. The van der Waals surface area contributed by atoms with E-state index in [0.717, 1.165) is 13.1 Å². The van der Waals surface area contributed by atoms with E-state index in [4.69, 9.17) is 0 Å². The number of likely N-dealkylation sites (tertiary alicyclic amines) is 2. The summed E-state index contributed by atoms with van der Waals surface area (Å²) < 4.78 is 0. The Labute approximate surface area is 113 Å². The standard InChI is InChI=1S/C13H24N2O.C2H6/c1-3-12(16)15-10-6-13(7-11-15)4-8-14(2)9-5-13;1-2/h3-11H2,1-2H3;1-2H3. The van der Waals surface area contributed by atoms with Crippen LogP contribution in [0.5, 0.6) is 0 Å². The first-order valence-corrected chi connectivity index (χ1v) is 7.61. The highest BCUT2D eigenvalue weighted by atomic mass is 16.2. The molecule has 0 saturated carbocycles. The third-order valence-electron chi connectivity index (χ3n) is 4.53. The Bertz CT molecular complexity index is 247. The monoisotopic (exact) mass is 254 g/mol. The van der Waals surface area contributed by atoms with Crippen LogP contribution in [0.25, 0.3) is 0 Å². The zero-order valence-electron chi connectivity index (χ0n) is 12.7. The zero-order chi connectivity index (χ0) is 13.6. The summed E-state index contributed by atoms with van der Waals surface area (Å²) in [5.41, 5.74) is 0.566. The fourth-order valence-corrected chi connectivity index (χ4v) is 3.05. The fraction of sp³-hybridized carbons (Fsp3) is 0.933. The lowest BCUT2D eigenvalue weighted by atomic mass is 9.71. The van der Waals surface area contributed by atoms with Gasteiger partial charge in [-0.1, -0.05) is 20.8 Å². The molecule has 3 heteroatoms. The Hall–Kier alpha value is -0.570. The van der Waals surface area contributed by atoms with Gasteiger partial charge in [0.15, 0.2) is 0 Å². The Morgan fingerprint density at radius 2 is 1.44 bits per heavy atom. The molecule has 2 rings (SSSR count). The number of rotatable bonds is 1. The maximum atomic E-state index is 11.6. The van der Waals surface area contributed by atoms with Crippen molar-refractivity contribution in [1.82, 2.24) is 9.80 Å². The Kier molecular flexibility index (Phi) is 6.13. The highest BCUT2D eigenvalue weighted by Gasteiger charge is 2.37. The summed E-state index contributed by atoms with van der Waals surface area (Å²) in [7, 11) is 2.21. The van der Waals surface area contributed by atoms with Crippen LogP contribution in [-0.4, -0.2) is 48.9 Å². The molecule has 0 atom stereocenters. The second-order valence-electron chi connectivity index (χ2n) is 5.54.